The normalized spacial score (nSPS) is 15.3. The summed E-state index contributed by atoms with van der Waals surface area (Å²) in [6.07, 6.45) is 0. The van der Waals surface area contributed by atoms with Gasteiger partial charge in [0.15, 0.2) is 5.96 Å². The fraction of sp³-hybridized carbons (Fsp3) is 0.579. The molecule has 0 spiro atoms. The Labute approximate surface area is 161 Å². The maximum absolute atomic E-state index is 11.9. The molecule has 8 nitrogen and oxygen atoms in total. The molecule has 1 fully saturated rings. The Hall–Kier alpha value is -2.32. The Balaban J connectivity index is 1.91. The van der Waals surface area contributed by atoms with E-state index < -0.39 is 0 Å². The monoisotopic (exact) mass is 377 g/mol. The smallest absolute Gasteiger partial charge is 0.241 e. The van der Waals surface area contributed by atoms with Gasteiger partial charge in [-0.3, -0.25) is 9.69 Å². The minimum absolute atomic E-state index is 0.000871. The quantitative estimate of drug-likeness (QED) is 0.496. The number of nitrogens with zero attached hydrogens (tertiary/aromatic N) is 3. The van der Waals surface area contributed by atoms with Crippen LogP contribution in [0.25, 0.3) is 0 Å². The van der Waals surface area contributed by atoms with Crippen molar-refractivity contribution >= 4 is 11.9 Å². The second-order valence-electron chi connectivity index (χ2n) is 6.54. The Kier molecular flexibility index (Phi) is 8.86. The van der Waals surface area contributed by atoms with E-state index in [1.54, 1.807) is 26.1 Å². The Morgan fingerprint density at radius 3 is 2.78 bits per heavy atom. The van der Waals surface area contributed by atoms with Crippen molar-refractivity contribution in [3.8, 4) is 5.75 Å². The molecule has 0 unspecified atom stereocenters. The van der Waals surface area contributed by atoms with Crippen LogP contribution >= 0.6 is 0 Å². The highest BCUT2D eigenvalue weighted by Crippen LogP contribution is 2.13. The zero-order valence-corrected chi connectivity index (χ0v) is 16.5. The highest BCUT2D eigenvalue weighted by molar-refractivity contribution is 5.86. The van der Waals surface area contributed by atoms with Crippen LogP contribution in [0.15, 0.2) is 29.3 Å². The van der Waals surface area contributed by atoms with Crippen LogP contribution in [-0.2, 0) is 16.1 Å². The van der Waals surface area contributed by atoms with Crippen molar-refractivity contribution in [1.82, 2.24) is 20.4 Å². The van der Waals surface area contributed by atoms with Crippen LogP contribution in [0.4, 0.5) is 0 Å². The number of hydrogen-bond acceptors (Lipinski definition) is 5. The molecule has 1 aliphatic heterocycles. The van der Waals surface area contributed by atoms with Crippen molar-refractivity contribution in [2.24, 2.45) is 4.99 Å². The number of ether oxygens (including phenoxy) is 2. The maximum atomic E-state index is 11.9. The van der Waals surface area contributed by atoms with Gasteiger partial charge in [0.1, 0.15) is 5.75 Å². The fourth-order valence-corrected chi connectivity index (χ4v) is 2.59. The third-order valence-electron chi connectivity index (χ3n) is 4.28. The number of benzene rings is 1. The first kappa shape index (κ1) is 21.0. The van der Waals surface area contributed by atoms with Crippen molar-refractivity contribution in [3.63, 3.8) is 0 Å². The van der Waals surface area contributed by atoms with Gasteiger partial charge in [0.2, 0.25) is 5.91 Å². The average molecular weight is 377 g/mol. The highest BCUT2D eigenvalue weighted by atomic mass is 16.5. The first-order valence-electron chi connectivity index (χ1n) is 9.24. The Bertz CT molecular complexity index is 615. The lowest BCUT2D eigenvalue weighted by Crippen LogP contribution is -2.46. The summed E-state index contributed by atoms with van der Waals surface area (Å²) in [6.45, 7) is 5.83. The number of likely N-dealkylation sites (N-methyl/N-ethyl adjacent to an activating group) is 1. The lowest BCUT2D eigenvalue weighted by atomic mass is 10.2. The molecule has 1 aromatic rings. The summed E-state index contributed by atoms with van der Waals surface area (Å²) in [4.78, 5) is 20.4. The van der Waals surface area contributed by atoms with E-state index >= 15 is 0 Å². The molecule has 0 bridgehead atoms. The summed E-state index contributed by atoms with van der Waals surface area (Å²) in [5.74, 6) is 1.43. The van der Waals surface area contributed by atoms with Crippen molar-refractivity contribution < 1.29 is 14.3 Å². The number of morpholine rings is 1. The first-order chi connectivity index (χ1) is 13.1. The van der Waals surface area contributed by atoms with Crippen molar-refractivity contribution in [1.29, 1.82) is 0 Å². The number of hydrogen-bond donors (Lipinski definition) is 2. The van der Waals surface area contributed by atoms with E-state index in [2.05, 4.69) is 20.5 Å². The standard InChI is InChI=1S/C19H31N5O3/c1-23(2)18(25)15-22-19(20-7-8-24-9-11-27-12-10-24)21-14-16-5-4-6-17(13-16)26-3/h4-6,13H,7-12,14-15H2,1-3H3,(H2,20,21,22). The molecule has 2 rings (SSSR count). The van der Waals surface area contributed by atoms with Gasteiger partial charge in [-0.15, -0.1) is 0 Å². The Morgan fingerprint density at radius 2 is 2.07 bits per heavy atom. The summed E-state index contributed by atoms with van der Waals surface area (Å²) in [5, 5.41) is 6.43. The van der Waals surface area contributed by atoms with Gasteiger partial charge in [0, 0.05) is 40.3 Å². The molecular weight excluding hydrogens is 346 g/mol. The molecule has 0 aromatic heterocycles. The van der Waals surface area contributed by atoms with E-state index in [4.69, 9.17) is 9.47 Å². The van der Waals surface area contributed by atoms with Gasteiger partial charge in [-0.1, -0.05) is 12.1 Å². The SMILES string of the molecule is COc1cccc(CN=C(NCCN2CCOCC2)NCC(=O)N(C)C)c1. The summed E-state index contributed by atoms with van der Waals surface area (Å²) in [6, 6.07) is 7.81. The fourth-order valence-electron chi connectivity index (χ4n) is 2.59. The average Bonchev–Trinajstić information content (AvgIpc) is 2.70. The number of nitrogens with one attached hydrogen (secondary N) is 2. The van der Waals surface area contributed by atoms with Crippen LogP contribution in [0.2, 0.25) is 0 Å². The summed E-state index contributed by atoms with van der Waals surface area (Å²) in [5.41, 5.74) is 1.04. The van der Waals surface area contributed by atoms with Gasteiger partial charge in [-0.05, 0) is 17.7 Å². The zero-order chi connectivity index (χ0) is 19.5. The summed E-state index contributed by atoms with van der Waals surface area (Å²) >= 11 is 0. The molecule has 0 aliphatic carbocycles. The number of amides is 1. The second kappa shape index (κ2) is 11.4. The highest BCUT2D eigenvalue weighted by Gasteiger charge is 2.10. The maximum Gasteiger partial charge on any atom is 0.241 e. The van der Waals surface area contributed by atoms with Gasteiger partial charge in [0.05, 0.1) is 33.4 Å². The van der Waals surface area contributed by atoms with Crippen LogP contribution in [0.3, 0.4) is 0 Å². The Morgan fingerprint density at radius 1 is 1.30 bits per heavy atom. The van der Waals surface area contributed by atoms with E-state index in [0.717, 1.165) is 50.7 Å². The lowest BCUT2D eigenvalue weighted by molar-refractivity contribution is -0.127. The minimum Gasteiger partial charge on any atom is -0.497 e. The van der Waals surface area contributed by atoms with Gasteiger partial charge < -0.3 is 25.0 Å². The number of aliphatic imine (C=N–C) groups is 1. The third-order valence-corrected chi connectivity index (χ3v) is 4.28. The molecule has 1 aliphatic rings. The van der Waals surface area contributed by atoms with E-state index in [0.29, 0.717) is 12.5 Å². The zero-order valence-electron chi connectivity index (χ0n) is 16.5. The van der Waals surface area contributed by atoms with Gasteiger partial charge in [-0.25, -0.2) is 4.99 Å². The van der Waals surface area contributed by atoms with Gasteiger partial charge in [0.25, 0.3) is 0 Å². The number of methoxy groups -OCH3 is 1. The van der Waals surface area contributed by atoms with Crippen molar-refractivity contribution in [2.75, 3.05) is 67.1 Å². The molecule has 2 N–H and O–H groups in total. The first-order valence-corrected chi connectivity index (χ1v) is 9.24. The largest absolute Gasteiger partial charge is 0.497 e. The van der Waals surface area contributed by atoms with E-state index in [9.17, 15) is 4.79 Å². The summed E-state index contributed by atoms with van der Waals surface area (Å²) in [7, 11) is 5.13. The molecule has 150 valence electrons. The minimum atomic E-state index is -0.000871. The van der Waals surface area contributed by atoms with Crippen LogP contribution in [0.5, 0.6) is 5.75 Å². The summed E-state index contributed by atoms with van der Waals surface area (Å²) < 4.78 is 10.6. The van der Waals surface area contributed by atoms with Crippen LogP contribution in [0, 0.1) is 0 Å². The topological polar surface area (TPSA) is 78.4 Å². The molecular formula is C19H31N5O3. The second-order valence-corrected chi connectivity index (χ2v) is 6.54. The van der Waals surface area contributed by atoms with Crippen molar-refractivity contribution in [2.45, 2.75) is 6.54 Å². The van der Waals surface area contributed by atoms with E-state index in [1.807, 2.05) is 24.3 Å². The van der Waals surface area contributed by atoms with Gasteiger partial charge >= 0.3 is 0 Å². The van der Waals surface area contributed by atoms with E-state index in [1.165, 1.54) is 0 Å². The molecule has 0 radical (unpaired) electrons. The van der Waals surface area contributed by atoms with Crippen LogP contribution in [-0.4, -0.2) is 88.8 Å². The van der Waals surface area contributed by atoms with Gasteiger partial charge in [-0.2, -0.15) is 0 Å². The number of carbonyl (C=O) groups excluding carboxylic acids is 1. The molecule has 27 heavy (non-hydrogen) atoms. The van der Waals surface area contributed by atoms with Crippen LogP contribution < -0.4 is 15.4 Å². The molecule has 1 heterocycles. The predicted molar refractivity (Wildman–Crippen MR) is 106 cm³/mol. The third kappa shape index (κ3) is 7.84. The van der Waals surface area contributed by atoms with Crippen LogP contribution in [0.1, 0.15) is 5.56 Å². The van der Waals surface area contributed by atoms with E-state index in [-0.39, 0.29) is 12.5 Å². The number of guanidine groups is 1. The number of rotatable bonds is 8. The molecule has 0 saturated carbocycles. The predicted octanol–water partition coefficient (Wildman–Crippen LogP) is 0.151. The molecule has 1 saturated heterocycles. The molecule has 1 aromatic carbocycles. The lowest BCUT2D eigenvalue weighted by Gasteiger charge is -2.26. The molecule has 0 atom stereocenters. The molecule has 1 amide bonds. The molecule has 8 heteroatoms. The van der Waals surface area contributed by atoms with Crippen molar-refractivity contribution in [3.05, 3.63) is 29.8 Å². The number of carbonyl (C=O) groups is 1.